The zero-order chi connectivity index (χ0) is 22.7. The van der Waals surface area contributed by atoms with Crippen molar-refractivity contribution in [1.82, 2.24) is 0 Å². The molecule has 0 atom stereocenters. The lowest BCUT2D eigenvalue weighted by atomic mass is 10.0. The van der Waals surface area contributed by atoms with Crippen LogP contribution in [-0.2, 0) is 11.2 Å². The van der Waals surface area contributed by atoms with E-state index in [2.05, 4.69) is 5.32 Å². The van der Waals surface area contributed by atoms with E-state index in [4.69, 9.17) is 0 Å². The number of hydrogen-bond donors (Lipinski definition) is 1. The lowest BCUT2D eigenvalue weighted by Gasteiger charge is -2.15. The summed E-state index contributed by atoms with van der Waals surface area (Å²) in [4.78, 5) is 51.2. The number of benzene rings is 3. The van der Waals surface area contributed by atoms with Gasteiger partial charge in [0.25, 0.3) is 11.8 Å². The van der Waals surface area contributed by atoms with Crippen LogP contribution < -0.4 is 10.2 Å². The number of carbonyl (C=O) groups excluding carboxylic acids is 4. The molecule has 0 saturated heterocycles. The molecule has 0 saturated carbocycles. The van der Waals surface area contributed by atoms with Crippen molar-refractivity contribution < 1.29 is 19.2 Å². The molecule has 0 radical (unpaired) electrons. The number of aryl methyl sites for hydroxylation is 1. The minimum Gasteiger partial charge on any atom is -0.326 e. The summed E-state index contributed by atoms with van der Waals surface area (Å²) < 4.78 is 0. The van der Waals surface area contributed by atoms with Gasteiger partial charge in [0.15, 0.2) is 5.78 Å². The Morgan fingerprint density at radius 2 is 1.47 bits per heavy atom. The fourth-order valence-electron chi connectivity index (χ4n) is 3.67. The predicted octanol–water partition coefficient (Wildman–Crippen LogP) is 4.65. The number of fused-ring (bicyclic) bond motifs is 1. The van der Waals surface area contributed by atoms with E-state index in [1.54, 1.807) is 60.7 Å². The first kappa shape index (κ1) is 21.2. The smallest absolute Gasteiger partial charge is 0.266 e. The van der Waals surface area contributed by atoms with Gasteiger partial charge in [0.2, 0.25) is 5.91 Å². The van der Waals surface area contributed by atoms with Crippen LogP contribution in [0.4, 0.5) is 11.4 Å². The highest BCUT2D eigenvalue weighted by molar-refractivity contribution is 6.34. The third-order valence-electron chi connectivity index (χ3n) is 5.45. The van der Waals surface area contributed by atoms with Crippen molar-refractivity contribution in [3.63, 3.8) is 0 Å². The van der Waals surface area contributed by atoms with Gasteiger partial charge in [-0.25, -0.2) is 4.90 Å². The minimum absolute atomic E-state index is 0.0333. The Hall–Kier alpha value is -4.06. The Balaban J connectivity index is 1.40. The van der Waals surface area contributed by atoms with Crippen LogP contribution >= 0.6 is 0 Å². The normalized spacial score (nSPS) is 12.6. The maximum atomic E-state index is 12.7. The molecule has 0 bridgehead atoms. The molecule has 160 valence electrons. The van der Waals surface area contributed by atoms with E-state index in [1.807, 2.05) is 19.1 Å². The highest BCUT2D eigenvalue weighted by Crippen LogP contribution is 2.29. The summed E-state index contributed by atoms with van der Waals surface area (Å²) in [5.41, 5.74) is 3.28. The number of imide groups is 1. The van der Waals surface area contributed by atoms with Gasteiger partial charge in [-0.15, -0.1) is 0 Å². The van der Waals surface area contributed by atoms with Gasteiger partial charge in [-0.3, -0.25) is 19.2 Å². The second-order valence-electron chi connectivity index (χ2n) is 7.56. The van der Waals surface area contributed by atoms with E-state index < -0.39 is 11.8 Å². The Labute approximate surface area is 185 Å². The lowest BCUT2D eigenvalue weighted by molar-refractivity contribution is -0.116. The molecule has 1 aliphatic rings. The number of rotatable bonds is 7. The number of anilines is 2. The summed E-state index contributed by atoms with van der Waals surface area (Å²) in [5.74, 6) is -1.20. The fourth-order valence-corrected chi connectivity index (χ4v) is 3.67. The molecule has 1 heterocycles. The Bertz CT molecular complexity index is 1180. The average Bonchev–Trinajstić information content (AvgIpc) is 3.08. The van der Waals surface area contributed by atoms with Crippen molar-refractivity contribution in [3.05, 3.63) is 95.1 Å². The molecule has 1 N–H and O–H groups in total. The van der Waals surface area contributed by atoms with Gasteiger partial charge in [0, 0.05) is 24.1 Å². The molecule has 6 nitrogen and oxygen atoms in total. The number of nitrogens with zero attached hydrogens (tertiary/aromatic N) is 1. The van der Waals surface area contributed by atoms with Crippen LogP contribution in [0.3, 0.4) is 0 Å². The van der Waals surface area contributed by atoms with Crippen LogP contribution in [0.25, 0.3) is 0 Å². The highest BCUT2D eigenvalue weighted by Gasteiger charge is 2.36. The van der Waals surface area contributed by atoms with Crippen LogP contribution in [0.1, 0.15) is 56.4 Å². The number of amides is 3. The Kier molecular flexibility index (Phi) is 5.94. The second-order valence-corrected chi connectivity index (χ2v) is 7.56. The first-order valence-electron chi connectivity index (χ1n) is 10.5. The molecule has 0 fully saturated rings. The molecule has 32 heavy (non-hydrogen) atoms. The van der Waals surface area contributed by atoms with Gasteiger partial charge >= 0.3 is 0 Å². The van der Waals surface area contributed by atoms with Crippen LogP contribution in [0.15, 0.2) is 72.8 Å². The lowest BCUT2D eigenvalue weighted by Crippen LogP contribution is -2.29. The minimum atomic E-state index is -0.395. The molecule has 0 unspecified atom stereocenters. The molecule has 6 heteroatoms. The summed E-state index contributed by atoms with van der Waals surface area (Å²) in [6, 6.07) is 20.6. The first-order valence-corrected chi connectivity index (χ1v) is 10.5. The molecular formula is C26H22N2O4. The molecule has 0 aliphatic carbocycles. The van der Waals surface area contributed by atoms with Crippen molar-refractivity contribution in [1.29, 1.82) is 0 Å². The van der Waals surface area contributed by atoms with Crippen LogP contribution in [-0.4, -0.2) is 23.5 Å². The van der Waals surface area contributed by atoms with Crippen LogP contribution in [0, 0.1) is 0 Å². The second kappa shape index (κ2) is 8.98. The monoisotopic (exact) mass is 426 g/mol. The Morgan fingerprint density at radius 1 is 0.812 bits per heavy atom. The quantitative estimate of drug-likeness (QED) is 0.440. The molecule has 3 amide bonds. The molecule has 3 aromatic rings. The van der Waals surface area contributed by atoms with E-state index in [9.17, 15) is 19.2 Å². The number of ketones is 1. The molecule has 3 aromatic carbocycles. The van der Waals surface area contributed by atoms with E-state index in [0.717, 1.165) is 16.9 Å². The van der Waals surface area contributed by atoms with Gasteiger partial charge in [-0.2, -0.15) is 0 Å². The topological polar surface area (TPSA) is 83.6 Å². The molecule has 1 aliphatic heterocycles. The summed E-state index contributed by atoms with van der Waals surface area (Å²) in [6.45, 7) is 2.05. The molecule has 0 spiro atoms. The van der Waals surface area contributed by atoms with Gasteiger partial charge in [0.05, 0.1) is 16.8 Å². The average molecular weight is 426 g/mol. The molecule has 4 rings (SSSR count). The first-order chi connectivity index (χ1) is 15.5. The number of Topliss-reactive ketones (excluding diaryl/α,β-unsaturated/α-hetero) is 1. The summed E-state index contributed by atoms with van der Waals surface area (Å²) in [7, 11) is 0. The van der Waals surface area contributed by atoms with E-state index in [-0.39, 0.29) is 24.5 Å². The zero-order valence-electron chi connectivity index (χ0n) is 17.6. The molecule has 0 aromatic heterocycles. The molecular weight excluding hydrogens is 404 g/mol. The van der Waals surface area contributed by atoms with Crippen molar-refractivity contribution in [2.24, 2.45) is 0 Å². The third-order valence-corrected chi connectivity index (χ3v) is 5.45. The third kappa shape index (κ3) is 4.21. The highest BCUT2D eigenvalue weighted by atomic mass is 16.2. The van der Waals surface area contributed by atoms with Crippen molar-refractivity contribution >= 4 is 34.9 Å². The summed E-state index contributed by atoms with van der Waals surface area (Å²) in [5, 5.41) is 2.74. The zero-order valence-corrected chi connectivity index (χ0v) is 17.6. The van der Waals surface area contributed by atoms with Crippen LogP contribution in [0.2, 0.25) is 0 Å². The maximum absolute atomic E-state index is 12.7. The van der Waals surface area contributed by atoms with Crippen molar-refractivity contribution in [2.75, 3.05) is 10.2 Å². The van der Waals surface area contributed by atoms with Crippen molar-refractivity contribution in [3.8, 4) is 0 Å². The number of hydrogen-bond acceptors (Lipinski definition) is 4. The van der Waals surface area contributed by atoms with E-state index >= 15 is 0 Å². The predicted molar refractivity (Wildman–Crippen MR) is 122 cm³/mol. The van der Waals surface area contributed by atoms with Gasteiger partial charge in [-0.1, -0.05) is 49.4 Å². The SMILES string of the molecule is CCc1ccc(C(=O)CCC(=O)Nc2cccc(N3C(=O)c4ccccc4C3=O)c2)cc1. The summed E-state index contributed by atoms with van der Waals surface area (Å²) >= 11 is 0. The number of nitrogens with one attached hydrogen (secondary N) is 1. The van der Waals surface area contributed by atoms with E-state index in [0.29, 0.717) is 28.1 Å². The summed E-state index contributed by atoms with van der Waals surface area (Å²) in [6.07, 6.45) is 1.03. The maximum Gasteiger partial charge on any atom is 0.266 e. The van der Waals surface area contributed by atoms with E-state index in [1.165, 1.54) is 0 Å². The largest absolute Gasteiger partial charge is 0.326 e. The Morgan fingerprint density at radius 3 is 2.09 bits per heavy atom. The van der Waals surface area contributed by atoms with Gasteiger partial charge in [0.1, 0.15) is 0 Å². The standard InChI is InChI=1S/C26H22N2O4/c1-2-17-10-12-18(13-11-17)23(29)14-15-24(30)27-19-6-5-7-20(16-19)28-25(31)21-8-3-4-9-22(21)26(28)32/h3-13,16H,2,14-15H2,1H3,(H,27,30). The number of carbonyl (C=O) groups is 4. The van der Waals surface area contributed by atoms with Gasteiger partial charge in [-0.05, 0) is 42.3 Å². The van der Waals surface area contributed by atoms with Crippen LogP contribution in [0.5, 0.6) is 0 Å². The van der Waals surface area contributed by atoms with Gasteiger partial charge < -0.3 is 5.32 Å². The van der Waals surface area contributed by atoms with Crippen molar-refractivity contribution in [2.45, 2.75) is 26.2 Å². The fraction of sp³-hybridized carbons (Fsp3) is 0.154.